The molecule has 0 aliphatic carbocycles. The van der Waals surface area contributed by atoms with E-state index in [0.717, 1.165) is 26.9 Å². The summed E-state index contributed by atoms with van der Waals surface area (Å²) in [6.07, 6.45) is 1.71. The number of fused-ring (bicyclic) bond motifs is 2. The third-order valence-electron chi connectivity index (χ3n) is 4.19. The molecule has 132 valence electrons. The van der Waals surface area contributed by atoms with E-state index in [9.17, 15) is 4.79 Å². The molecule has 26 heavy (non-hydrogen) atoms. The van der Waals surface area contributed by atoms with Crippen LogP contribution in [0.1, 0.15) is 41.5 Å². The quantitative estimate of drug-likeness (QED) is 0.580. The van der Waals surface area contributed by atoms with Crippen molar-refractivity contribution < 1.29 is 4.79 Å². The van der Waals surface area contributed by atoms with E-state index in [4.69, 9.17) is 0 Å². The molecule has 0 atom stereocenters. The van der Waals surface area contributed by atoms with Gasteiger partial charge in [0, 0.05) is 11.7 Å². The van der Waals surface area contributed by atoms with Crippen molar-refractivity contribution in [2.24, 2.45) is 0 Å². The van der Waals surface area contributed by atoms with Gasteiger partial charge in [-0.05, 0) is 51.5 Å². The molecule has 4 rings (SSSR count). The van der Waals surface area contributed by atoms with Crippen molar-refractivity contribution in [1.82, 2.24) is 19.7 Å². The Hall–Kier alpha value is -2.80. The van der Waals surface area contributed by atoms with Gasteiger partial charge < -0.3 is 0 Å². The number of nitrogens with one attached hydrogen (secondary N) is 1. The second-order valence-electron chi connectivity index (χ2n) is 6.68. The summed E-state index contributed by atoms with van der Waals surface area (Å²) in [7, 11) is 0. The van der Waals surface area contributed by atoms with Gasteiger partial charge in [-0.2, -0.15) is 5.10 Å². The SMILES string of the molecule is Cc1ccc2nc(NC(=O)c3cc(C)nc4c3cnn4C(C)C)sc2c1. The molecule has 3 heterocycles. The number of amides is 1. The second kappa shape index (κ2) is 6.17. The van der Waals surface area contributed by atoms with Crippen LogP contribution in [0.2, 0.25) is 0 Å². The van der Waals surface area contributed by atoms with Crippen molar-refractivity contribution in [3.8, 4) is 0 Å². The number of pyridine rings is 1. The average Bonchev–Trinajstić information content (AvgIpc) is 3.16. The highest BCUT2D eigenvalue weighted by Gasteiger charge is 2.18. The molecule has 0 saturated carbocycles. The van der Waals surface area contributed by atoms with Crippen LogP contribution in [0.25, 0.3) is 21.3 Å². The van der Waals surface area contributed by atoms with Gasteiger partial charge >= 0.3 is 0 Å². The zero-order valence-electron chi connectivity index (χ0n) is 15.1. The third kappa shape index (κ3) is 2.84. The Bertz CT molecular complexity index is 1140. The highest BCUT2D eigenvalue weighted by atomic mass is 32.1. The largest absolute Gasteiger partial charge is 0.298 e. The number of hydrogen-bond donors (Lipinski definition) is 1. The zero-order valence-corrected chi connectivity index (χ0v) is 15.9. The third-order valence-corrected chi connectivity index (χ3v) is 5.13. The minimum atomic E-state index is -0.195. The summed E-state index contributed by atoms with van der Waals surface area (Å²) in [6, 6.07) is 8.03. The van der Waals surface area contributed by atoms with Crippen LogP contribution in [-0.4, -0.2) is 25.7 Å². The highest BCUT2D eigenvalue weighted by Crippen LogP contribution is 2.28. The summed E-state index contributed by atoms with van der Waals surface area (Å²) in [6.45, 7) is 8.01. The molecule has 4 aromatic rings. The summed E-state index contributed by atoms with van der Waals surface area (Å²) >= 11 is 1.47. The lowest BCUT2D eigenvalue weighted by molar-refractivity contribution is 0.102. The van der Waals surface area contributed by atoms with Crippen LogP contribution in [0.15, 0.2) is 30.5 Å². The molecule has 0 aliphatic rings. The Morgan fingerprint density at radius 1 is 1.19 bits per heavy atom. The fourth-order valence-electron chi connectivity index (χ4n) is 2.96. The van der Waals surface area contributed by atoms with Gasteiger partial charge in [-0.3, -0.25) is 10.1 Å². The molecule has 0 spiro atoms. The normalized spacial score (nSPS) is 11.6. The summed E-state index contributed by atoms with van der Waals surface area (Å²) < 4.78 is 2.89. The number of aromatic nitrogens is 4. The van der Waals surface area contributed by atoms with E-state index in [-0.39, 0.29) is 11.9 Å². The van der Waals surface area contributed by atoms with Crippen molar-refractivity contribution in [3.63, 3.8) is 0 Å². The van der Waals surface area contributed by atoms with Gasteiger partial charge in [0.2, 0.25) is 0 Å². The molecular formula is C19H19N5OS. The maximum atomic E-state index is 12.9. The molecular weight excluding hydrogens is 346 g/mol. The van der Waals surface area contributed by atoms with Crippen LogP contribution >= 0.6 is 11.3 Å². The molecule has 1 N–H and O–H groups in total. The van der Waals surface area contributed by atoms with Gasteiger partial charge in [-0.15, -0.1) is 0 Å². The van der Waals surface area contributed by atoms with Crippen LogP contribution in [0.5, 0.6) is 0 Å². The molecule has 6 nitrogen and oxygen atoms in total. The lowest BCUT2D eigenvalue weighted by Gasteiger charge is -2.08. The Morgan fingerprint density at radius 2 is 2.00 bits per heavy atom. The molecule has 3 aromatic heterocycles. The molecule has 0 radical (unpaired) electrons. The predicted octanol–water partition coefficient (Wildman–Crippen LogP) is 4.49. The van der Waals surface area contributed by atoms with Crippen molar-refractivity contribution in [1.29, 1.82) is 0 Å². The van der Waals surface area contributed by atoms with Crippen LogP contribution < -0.4 is 5.32 Å². The molecule has 0 unspecified atom stereocenters. The van der Waals surface area contributed by atoms with Crippen LogP contribution in [0, 0.1) is 13.8 Å². The van der Waals surface area contributed by atoms with E-state index < -0.39 is 0 Å². The summed E-state index contributed by atoms with van der Waals surface area (Å²) in [5.41, 5.74) is 4.14. The van der Waals surface area contributed by atoms with Gasteiger partial charge in [0.15, 0.2) is 10.8 Å². The number of rotatable bonds is 3. The van der Waals surface area contributed by atoms with Gasteiger partial charge in [-0.25, -0.2) is 14.6 Å². The monoisotopic (exact) mass is 365 g/mol. The number of carbonyl (C=O) groups excluding carboxylic acids is 1. The van der Waals surface area contributed by atoms with Crippen molar-refractivity contribution >= 4 is 43.6 Å². The first-order valence-electron chi connectivity index (χ1n) is 8.46. The van der Waals surface area contributed by atoms with Crippen molar-refractivity contribution in [2.45, 2.75) is 33.7 Å². The molecule has 0 bridgehead atoms. The molecule has 0 aliphatic heterocycles. The Balaban J connectivity index is 1.73. The zero-order chi connectivity index (χ0) is 18.4. The number of thiazole rings is 1. The number of hydrogen-bond acceptors (Lipinski definition) is 5. The lowest BCUT2D eigenvalue weighted by Crippen LogP contribution is -2.13. The van der Waals surface area contributed by atoms with Crippen LogP contribution in [0.4, 0.5) is 5.13 Å². The highest BCUT2D eigenvalue weighted by molar-refractivity contribution is 7.22. The Labute approximate surface area is 154 Å². The van der Waals surface area contributed by atoms with Gasteiger partial charge in [0.1, 0.15) is 0 Å². The first-order chi connectivity index (χ1) is 12.4. The second-order valence-corrected chi connectivity index (χ2v) is 7.71. The maximum Gasteiger partial charge on any atom is 0.258 e. The number of carbonyl (C=O) groups is 1. The number of anilines is 1. The summed E-state index contributed by atoms with van der Waals surface area (Å²) in [5.74, 6) is -0.195. The summed E-state index contributed by atoms with van der Waals surface area (Å²) in [5, 5.41) is 8.66. The van der Waals surface area contributed by atoms with Gasteiger partial charge in [-0.1, -0.05) is 17.4 Å². The molecule has 1 aromatic carbocycles. The minimum Gasteiger partial charge on any atom is -0.298 e. The average molecular weight is 365 g/mol. The van der Waals surface area contributed by atoms with E-state index in [1.54, 1.807) is 12.3 Å². The van der Waals surface area contributed by atoms with E-state index in [0.29, 0.717) is 10.7 Å². The smallest absolute Gasteiger partial charge is 0.258 e. The number of benzene rings is 1. The standard InChI is InChI=1S/C19H19N5OS/c1-10(2)24-17-14(9-20-24)13(8-12(4)21-17)18(25)23-19-22-15-6-5-11(3)7-16(15)26-19/h5-10H,1-4H3,(H,22,23,25). The number of nitrogens with zero attached hydrogens (tertiary/aromatic N) is 4. The first kappa shape index (κ1) is 16.7. The summed E-state index contributed by atoms with van der Waals surface area (Å²) in [4.78, 5) is 22.0. The lowest BCUT2D eigenvalue weighted by atomic mass is 10.1. The minimum absolute atomic E-state index is 0.171. The van der Waals surface area contributed by atoms with E-state index >= 15 is 0 Å². The van der Waals surface area contributed by atoms with Gasteiger partial charge in [0.25, 0.3) is 5.91 Å². The van der Waals surface area contributed by atoms with E-state index in [2.05, 4.69) is 26.4 Å². The number of aryl methyl sites for hydroxylation is 2. The Morgan fingerprint density at radius 3 is 2.77 bits per heavy atom. The molecule has 7 heteroatoms. The van der Waals surface area contributed by atoms with Gasteiger partial charge in [0.05, 0.1) is 27.4 Å². The van der Waals surface area contributed by atoms with E-state index in [1.807, 2.05) is 44.5 Å². The maximum absolute atomic E-state index is 12.9. The molecule has 0 saturated heterocycles. The first-order valence-corrected chi connectivity index (χ1v) is 9.27. The van der Waals surface area contributed by atoms with Crippen LogP contribution in [0.3, 0.4) is 0 Å². The fraction of sp³-hybridized carbons (Fsp3) is 0.263. The Kier molecular flexibility index (Phi) is 3.96. The molecule has 0 fully saturated rings. The van der Waals surface area contributed by atoms with E-state index in [1.165, 1.54) is 16.9 Å². The van der Waals surface area contributed by atoms with Crippen molar-refractivity contribution in [2.75, 3.05) is 5.32 Å². The van der Waals surface area contributed by atoms with Crippen LogP contribution in [-0.2, 0) is 0 Å². The fourth-order valence-corrected chi connectivity index (χ4v) is 3.92. The van der Waals surface area contributed by atoms with Crippen molar-refractivity contribution in [3.05, 3.63) is 47.3 Å². The predicted molar refractivity (Wildman–Crippen MR) is 105 cm³/mol. The molecule has 1 amide bonds. The topological polar surface area (TPSA) is 72.7 Å².